The van der Waals surface area contributed by atoms with Gasteiger partial charge in [-0.3, -0.25) is 9.59 Å². The van der Waals surface area contributed by atoms with Gasteiger partial charge in [0.2, 0.25) is 11.8 Å². The van der Waals surface area contributed by atoms with Crippen LogP contribution in [-0.2, 0) is 22.6 Å². The largest absolute Gasteiger partial charge is 0.354 e. The maximum Gasteiger partial charge on any atom is 0.242 e. The lowest BCUT2D eigenvalue weighted by Crippen LogP contribution is -2.48. The molecule has 2 aromatic carbocycles. The molecule has 0 fully saturated rings. The summed E-state index contributed by atoms with van der Waals surface area (Å²) in [6.07, 6.45) is 0.479. The van der Waals surface area contributed by atoms with Crippen molar-refractivity contribution in [1.82, 2.24) is 10.2 Å². The van der Waals surface area contributed by atoms with Gasteiger partial charge in [-0.15, -0.1) is 0 Å². The third-order valence-electron chi connectivity index (χ3n) is 4.37. The second-order valence-corrected chi connectivity index (χ2v) is 6.90. The van der Waals surface area contributed by atoms with Crippen molar-refractivity contribution >= 4 is 23.4 Å². The van der Waals surface area contributed by atoms with Gasteiger partial charge in [-0.05, 0) is 43.2 Å². The summed E-state index contributed by atoms with van der Waals surface area (Å²) < 4.78 is 27.3. The van der Waals surface area contributed by atoms with Gasteiger partial charge in [0.1, 0.15) is 17.7 Å². The molecule has 1 atom stereocenters. The molecule has 0 bridgehead atoms. The highest BCUT2D eigenvalue weighted by Gasteiger charge is 2.27. The Kier molecular flexibility index (Phi) is 7.93. The zero-order valence-corrected chi connectivity index (χ0v) is 16.6. The summed E-state index contributed by atoms with van der Waals surface area (Å²) >= 11 is 6.03. The zero-order valence-electron chi connectivity index (χ0n) is 15.8. The Morgan fingerprint density at radius 3 is 2.43 bits per heavy atom. The van der Waals surface area contributed by atoms with Crippen LogP contribution >= 0.6 is 11.6 Å². The van der Waals surface area contributed by atoms with E-state index < -0.39 is 23.6 Å². The third-order valence-corrected chi connectivity index (χ3v) is 4.73. The Morgan fingerprint density at radius 2 is 1.82 bits per heavy atom. The topological polar surface area (TPSA) is 49.4 Å². The first kappa shape index (κ1) is 21.8. The maximum atomic E-state index is 14.1. The van der Waals surface area contributed by atoms with E-state index in [1.54, 1.807) is 19.1 Å². The molecule has 0 aromatic heterocycles. The number of carbonyl (C=O) groups excluding carboxylic acids is 2. The summed E-state index contributed by atoms with van der Waals surface area (Å²) in [5, 5.41) is 2.91. The molecular weight excluding hydrogens is 386 g/mol. The van der Waals surface area contributed by atoms with E-state index in [1.165, 1.54) is 35.2 Å². The lowest BCUT2D eigenvalue weighted by Gasteiger charge is -2.29. The van der Waals surface area contributed by atoms with Crippen LogP contribution in [0.5, 0.6) is 0 Å². The Morgan fingerprint density at radius 1 is 1.14 bits per heavy atom. The highest BCUT2D eigenvalue weighted by Crippen LogP contribution is 2.21. The first-order chi connectivity index (χ1) is 13.3. The second-order valence-electron chi connectivity index (χ2n) is 6.49. The molecule has 0 aliphatic heterocycles. The van der Waals surface area contributed by atoms with Crippen LogP contribution in [0.15, 0.2) is 42.5 Å². The molecule has 1 N–H and O–H groups in total. The van der Waals surface area contributed by atoms with Crippen LogP contribution in [0.25, 0.3) is 0 Å². The van der Waals surface area contributed by atoms with E-state index in [4.69, 9.17) is 11.6 Å². The van der Waals surface area contributed by atoms with E-state index in [0.29, 0.717) is 12.1 Å². The maximum absolute atomic E-state index is 14.1. The minimum atomic E-state index is -0.783. The third kappa shape index (κ3) is 5.76. The Bertz CT molecular complexity index is 807. The van der Waals surface area contributed by atoms with Crippen LogP contribution in [0.1, 0.15) is 31.4 Å². The molecule has 4 nitrogen and oxygen atoms in total. The molecule has 0 heterocycles. The summed E-state index contributed by atoms with van der Waals surface area (Å²) in [6, 6.07) is 9.08. The van der Waals surface area contributed by atoms with Crippen molar-refractivity contribution in [2.45, 2.75) is 39.3 Å². The first-order valence-electron chi connectivity index (χ1n) is 9.08. The number of hydrogen-bond acceptors (Lipinski definition) is 2. The highest BCUT2D eigenvalue weighted by molar-refractivity contribution is 6.31. The molecule has 7 heteroatoms. The normalized spacial score (nSPS) is 11.8. The molecular formula is C21H23ClF2N2O2. The molecule has 0 unspecified atom stereocenters. The van der Waals surface area contributed by atoms with Gasteiger partial charge in [-0.2, -0.15) is 0 Å². The molecule has 0 aliphatic carbocycles. The van der Waals surface area contributed by atoms with Crippen LogP contribution < -0.4 is 5.32 Å². The van der Waals surface area contributed by atoms with Crippen LogP contribution in [-0.4, -0.2) is 29.3 Å². The fourth-order valence-electron chi connectivity index (χ4n) is 2.72. The Balaban J connectivity index is 2.26. The molecule has 0 saturated carbocycles. The van der Waals surface area contributed by atoms with Crippen molar-refractivity contribution in [3.05, 3.63) is 70.2 Å². The van der Waals surface area contributed by atoms with Gasteiger partial charge < -0.3 is 10.2 Å². The zero-order chi connectivity index (χ0) is 20.7. The molecule has 2 amide bonds. The predicted octanol–water partition coefficient (Wildman–Crippen LogP) is 4.10. The summed E-state index contributed by atoms with van der Waals surface area (Å²) in [5.74, 6) is -1.73. The molecule has 0 radical (unpaired) electrons. The molecule has 2 rings (SSSR count). The molecule has 2 aromatic rings. The summed E-state index contributed by atoms with van der Waals surface area (Å²) in [7, 11) is 0. The number of halogens is 3. The monoisotopic (exact) mass is 408 g/mol. The van der Waals surface area contributed by atoms with E-state index in [9.17, 15) is 18.4 Å². The van der Waals surface area contributed by atoms with E-state index in [2.05, 4.69) is 5.32 Å². The van der Waals surface area contributed by atoms with Crippen LogP contribution in [0.4, 0.5) is 8.78 Å². The van der Waals surface area contributed by atoms with Crippen molar-refractivity contribution in [3.8, 4) is 0 Å². The van der Waals surface area contributed by atoms with E-state index in [1.807, 2.05) is 6.92 Å². The van der Waals surface area contributed by atoms with Gasteiger partial charge in [-0.1, -0.05) is 36.7 Å². The lowest BCUT2D eigenvalue weighted by atomic mass is 10.1. The summed E-state index contributed by atoms with van der Waals surface area (Å²) in [6.45, 7) is 4.11. The number of nitrogens with zero attached hydrogens (tertiary/aromatic N) is 1. The number of rotatable bonds is 8. The van der Waals surface area contributed by atoms with Gasteiger partial charge in [0.15, 0.2) is 0 Å². The lowest BCUT2D eigenvalue weighted by molar-refractivity contribution is -0.140. The number of hydrogen-bond donors (Lipinski definition) is 1. The van der Waals surface area contributed by atoms with Gasteiger partial charge in [0.25, 0.3) is 0 Å². The average Bonchev–Trinajstić information content (AvgIpc) is 2.67. The van der Waals surface area contributed by atoms with Gasteiger partial charge in [0.05, 0.1) is 6.42 Å². The van der Waals surface area contributed by atoms with E-state index in [-0.39, 0.29) is 29.5 Å². The molecule has 150 valence electrons. The van der Waals surface area contributed by atoms with Crippen molar-refractivity contribution in [3.63, 3.8) is 0 Å². The molecule has 0 aliphatic rings. The van der Waals surface area contributed by atoms with Crippen molar-refractivity contribution in [2.24, 2.45) is 0 Å². The smallest absolute Gasteiger partial charge is 0.242 e. The van der Waals surface area contributed by atoms with Gasteiger partial charge in [-0.25, -0.2) is 8.78 Å². The van der Waals surface area contributed by atoms with Crippen LogP contribution in [0, 0.1) is 11.6 Å². The van der Waals surface area contributed by atoms with Crippen molar-refractivity contribution in [2.75, 3.05) is 6.54 Å². The predicted molar refractivity (Wildman–Crippen MR) is 105 cm³/mol. The van der Waals surface area contributed by atoms with Gasteiger partial charge >= 0.3 is 0 Å². The van der Waals surface area contributed by atoms with Crippen molar-refractivity contribution < 1.29 is 18.4 Å². The van der Waals surface area contributed by atoms with E-state index >= 15 is 0 Å². The quantitative estimate of drug-likeness (QED) is 0.714. The van der Waals surface area contributed by atoms with Gasteiger partial charge in [0, 0.05) is 23.7 Å². The number of benzene rings is 2. The number of nitrogens with one attached hydrogen (secondary N) is 1. The number of amides is 2. The molecule has 0 spiro atoms. The Hall–Kier alpha value is -2.47. The summed E-state index contributed by atoms with van der Waals surface area (Å²) in [4.78, 5) is 26.7. The van der Waals surface area contributed by atoms with Crippen LogP contribution in [0.3, 0.4) is 0 Å². The minimum Gasteiger partial charge on any atom is -0.354 e. The first-order valence-corrected chi connectivity index (χ1v) is 9.45. The fourth-order valence-corrected chi connectivity index (χ4v) is 2.95. The SMILES string of the molecule is CCCNC(=O)[C@@H](C)N(Cc1ccc(F)cc1)C(=O)Cc1c(F)cccc1Cl. The highest BCUT2D eigenvalue weighted by atomic mass is 35.5. The average molecular weight is 409 g/mol. The standard InChI is InChI=1S/C21H23ClF2N2O2/c1-3-11-25-21(28)14(2)26(13-15-7-9-16(23)10-8-15)20(27)12-17-18(22)5-4-6-19(17)24/h4-10,14H,3,11-13H2,1-2H3,(H,25,28)/t14-/m1/s1. The summed E-state index contributed by atoms with van der Waals surface area (Å²) in [5.41, 5.74) is 0.740. The number of carbonyl (C=O) groups is 2. The Labute approximate surface area is 168 Å². The van der Waals surface area contributed by atoms with Crippen LogP contribution in [0.2, 0.25) is 5.02 Å². The second kappa shape index (κ2) is 10.2. The fraction of sp³-hybridized carbons (Fsp3) is 0.333. The molecule has 0 saturated heterocycles. The van der Waals surface area contributed by atoms with E-state index in [0.717, 1.165) is 6.42 Å². The van der Waals surface area contributed by atoms with Crippen molar-refractivity contribution in [1.29, 1.82) is 0 Å². The minimum absolute atomic E-state index is 0.0828. The molecule has 28 heavy (non-hydrogen) atoms.